The van der Waals surface area contributed by atoms with Gasteiger partial charge >= 0.3 is 0 Å². The molecule has 5 heteroatoms. The van der Waals surface area contributed by atoms with E-state index in [-0.39, 0.29) is 40.9 Å². The fourth-order valence-corrected chi connectivity index (χ4v) is 5.16. The maximum Gasteiger partial charge on any atom is 0.254 e. The summed E-state index contributed by atoms with van der Waals surface area (Å²) in [7, 11) is 3.97. The van der Waals surface area contributed by atoms with Gasteiger partial charge in [0.25, 0.3) is 11.8 Å². The lowest BCUT2D eigenvalue weighted by atomic mass is 9.85. The number of rotatable bonds is 3. The Kier molecular flexibility index (Phi) is 2.86. The summed E-state index contributed by atoms with van der Waals surface area (Å²) in [5.74, 6) is -0.0906. The molecule has 1 aliphatic heterocycles. The van der Waals surface area contributed by atoms with Crippen LogP contribution in [0.1, 0.15) is 18.4 Å². The van der Waals surface area contributed by atoms with Crippen molar-refractivity contribution < 1.29 is 9.59 Å². The number of anilines is 1. The zero-order chi connectivity index (χ0) is 17.3. The molecule has 4 aliphatic rings. The summed E-state index contributed by atoms with van der Waals surface area (Å²) >= 11 is 0. The SMILES string of the molecule is CN(C)c1ccc(/C=N\N2C(=O)[C@@H]3[C@@H](C2=O)[C@@H]2C=C[C@@H]3C23CC3)cc1. The van der Waals surface area contributed by atoms with Crippen molar-refractivity contribution in [1.82, 2.24) is 5.01 Å². The molecule has 2 bridgehead atoms. The summed E-state index contributed by atoms with van der Waals surface area (Å²) in [6.07, 6.45) is 8.28. The zero-order valence-electron chi connectivity index (χ0n) is 14.4. The minimum atomic E-state index is -0.182. The average molecular weight is 335 g/mol. The van der Waals surface area contributed by atoms with Crippen LogP contribution >= 0.6 is 0 Å². The minimum absolute atomic E-state index is 0.112. The number of carbonyl (C=O) groups is 2. The maximum atomic E-state index is 12.8. The number of nitrogens with zero attached hydrogens (tertiary/aromatic N) is 3. The van der Waals surface area contributed by atoms with E-state index in [0.717, 1.165) is 29.1 Å². The number of amides is 2. The Morgan fingerprint density at radius 1 is 1.04 bits per heavy atom. The molecule has 1 heterocycles. The van der Waals surface area contributed by atoms with Crippen molar-refractivity contribution in [2.45, 2.75) is 12.8 Å². The number of imide groups is 1. The van der Waals surface area contributed by atoms with Gasteiger partial charge in [-0.3, -0.25) is 9.59 Å². The molecule has 5 nitrogen and oxygen atoms in total. The number of fused-ring (bicyclic) bond motifs is 3. The van der Waals surface area contributed by atoms with Crippen LogP contribution in [0, 0.1) is 29.1 Å². The second kappa shape index (κ2) is 4.81. The van der Waals surface area contributed by atoms with Crippen LogP contribution < -0.4 is 4.90 Å². The predicted molar refractivity (Wildman–Crippen MR) is 95.0 cm³/mol. The van der Waals surface area contributed by atoms with Crippen LogP contribution in [0.5, 0.6) is 0 Å². The van der Waals surface area contributed by atoms with E-state index < -0.39 is 0 Å². The van der Waals surface area contributed by atoms with Crippen LogP contribution in [0.25, 0.3) is 0 Å². The largest absolute Gasteiger partial charge is 0.378 e. The quantitative estimate of drug-likeness (QED) is 0.484. The van der Waals surface area contributed by atoms with E-state index in [1.807, 2.05) is 43.3 Å². The van der Waals surface area contributed by atoms with E-state index in [9.17, 15) is 9.59 Å². The third kappa shape index (κ3) is 1.86. The molecule has 2 saturated carbocycles. The monoisotopic (exact) mass is 335 g/mol. The van der Waals surface area contributed by atoms with Crippen molar-refractivity contribution in [3.63, 3.8) is 0 Å². The normalized spacial score (nSPS) is 33.8. The Balaban J connectivity index is 1.38. The Bertz CT molecular complexity index is 786. The van der Waals surface area contributed by atoms with Crippen molar-refractivity contribution in [1.29, 1.82) is 0 Å². The second-order valence-corrected chi connectivity index (χ2v) is 7.94. The first-order chi connectivity index (χ1) is 12.0. The number of carbonyl (C=O) groups excluding carboxylic acids is 2. The second-order valence-electron chi connectivity index (χ2n) is 7.94. The third-order valence-electron chi connectivity index (χ3n) is 6.56. The molecule has 0 aromatic heterocycles. The summed E-state index contributed by atoms with van der Waals surface area (Å²) < 4.78 is 0. The van der Waals surface area contributed by atoms with Gasteiger partial charge in [0.2, 0.25) is 0 Å². The Morgan fingerprint density at radius 2 is 1.60 bits per heavy atom. The minimum Gasteiger partial charge on any atom is -0.378 e. The molecule has 3 aliphatic carbocycles. The molecule has 1 aromatic rings. The topological polar surface area (TPSA) is 53.0 Å². The van der Waals surface area contributed by atoms with Crippen LogP contribution in [0.4, 0.5) is 5.69 Å². The van der Waals surface area contributed by atoms with Gasteiger partial charge in [-0.05, 0) is 47.8 Å². The Hall–Kier alpha value is -2.43. The molecule has 25 heavy (non-hydrogen) atoms. The lowest BCUT2D eigenvalue weighted by Gasteiger charge is -2.18. The number of hydrogen-bond acceptors (Lipinski definition) is 4. The summed E-state index contributed by atoms with van der Waals surface area (Å²) in [4.78, 5) is 27.7. The zero-order valence-corrected chi connectivity index (χ0v) is 14.4. The maximum absolute atomic E-state index is 12.8. The van der Waals surface area contributed by atoms with Gasteiger partial charge < -0.3 is 4.90 Å². The van der Waals surface area contributed by atoms with Crippen molar-refractivity contribution in [2.75, 3.05) is 19.0 Å². The first-order valence-corrected chi connectivity index (χ1v) is 8.90. The number of hydrogen-bond donors (Lipinski definition) is 0. The highest BCUT2D eigenvalue weighted by Gasteiger charge is 2.73. The molecule has 128 valence electrons. The molecule has 3 fully saturated rings. The smallest absolute Gasteiger partial charge is 0.254 e. The predicted octanol–water partition coefficient (Wildman–Crippen LogP) is 2.28. The molecule has 0 N–H and O–H groups in total. The lowest BCUT2D eigenvalue weighted by Crippen LogP contribution is -2.30. The number of benzene rings is 1. The fraction of sp³-hybridized carbons (Fsp3) is 0.450. The van der Waals surface area contributed by atoms with Gasteiger partial charge in [0.15, 0.2) is 0 Å². The van der Waals surface area contributed by atoms with Gasteiger partial charge in [-0.2, -0.15) is 10.1 Å². The van der Waals surface area contributed by atoms with Crippen molar-refractivity contribution >= 4 is 23.7 Å². The Labute approximate surface area is 147 Å². The molecule has 1 aromatic carbocycles. The lowest BCUT2D eigenvalue weighted by molar-refractivity contribution is -0.141. The number of hydrazone groups is 1. The third-order valence-corrected chi connectivity index (χ3v) is 6.56. The van der Waals surface area contributed by atoms with Crippen molar-refractivity contribution in [3.8, 4) is 0 Å². The Morgan fingerprint density at radius 3 is 2.08 bits per heavy atom. The van der Waals surface area contributed by atoms with Gasteiger partial charge in [-0.1, -0.05) is 24.3 Å². The molecule has 1 spiro atoms. The molecule has 5 rings (SSSR count). The first kappa shape index (κ1) is 14.9. The van der Waals surface area contributed by atoms with Gasteiger partial charge in [0.1, 0.15) is 0 Å². The molecule has 1 saturated heterocycles. The van der Waals surface area contributed by atoms with E-state index in [4.69, 9.17) is 0 Å². The average Bonchev–Trinajstić information content (AvgIpc) is 3.20. The molecule has 0 unspecified atom stereocenters. The summed E-state index contributed by atoms with van der Waals surface area (Å²) in [6.45, 7) is 0. The van der Waals surface area contributed by atoms with Crippen LogP contribution in [-0.2, 0) is 9.59 Å². The van der Waals surface area contributed by atoms with Gasteiger partial charge in [0.05, 0.1) is 18.1 Å². The van der Waals surface area contributed by atoms with Crippen LogP contribution in [-0.4, -0.2) is 37.1 Å². The molecule has 2 amide bonds. The van der Waals surface area contributed by atoms with Gasteiger partial charge in [-0.15, -0.1) is 0 Å². The van der Waals surface area contributed by atoms with Crippen LogP contribution in [0.3, 0.4) is 0 Å². The highest BCUT2D eigenvalue weighted by Crippen LogP contribution is 2.73. The standard InChI is InChI=1S/C20H21N3O2/c1-22(2)13-5-3-12(4-6-13)11-21-23-18(24)16-14-7-8-15(17(16)19(23)25)20(14)9-10-20/h3-8,11,14-17H,9-10H2,1-2H3/b21-11-/t14-,15-,16-,17-/m0/s1. The van der Waals surface area contributed by atoms with Crippen LogP contribution in [0.15, 0.2) is 41.5 Å². The van der Waals surface area contributed by atoms with E-state index in [0.29, 0.717) is 0 Å². The summed E-state index contributed by atoms with van der Waals surface area (Å²) in [5, 5.41) is 5.37. The van der Waals surface area contributed by atoms with E-state index in [1.165, 1.54) is 0 Å². The highest BCUT2D eigenvalue weighted by molar-refractivity contribution is 6.07. The molecular weight excluding hydrogens is 314 g/mol. The summed E-state index contributed by atoms with van der Waals surface area (Å²) in [5.41, 5.74) is 2.21. The van der Waals surface area contributed by atoms with Gasteiger partial charge in [0, 0.05) is 19.8 Å². The molecule has 0 radical (unpaired) electrons. The first-order valence-electron chi connectivity index (χ1n) is 8.90. The van der Waals surface area contributed by atoms with Gasteiger partial charge in [-0.25, -0.2) is 0 Å². The fourth-order valence-electron chi connectivity index (χ4n) is 5.16. The number of allylic oxidation sites excluding steroid dienone is 2. The highest BCUT2D eigenvalue weighted by atomic mass is 16.2. The van der Waals surface area contributed by atoms with Crippen LogP contribution in [0.2, 0.25) is 0 Å². The van der Waals surface area contributed by atoms with Crippen molar-refractivity contribution in [3.05, 3.63) is 42.0 Å². The molecule has 4 atom stereocenters. The van der Waals surface area contributed by atoms with E-state index in [1.54, 1.807) is 6.21 Å². The summed E-state index contributed by atoms with van der Waals surface area (Å²) in [6, 6.07) is 7.86. The van der Waals surface area contributed by atoms with E-state index >= 15 is 0 Å². The van der Waals surface area contributed by atoms with E-state index in [2.05, 4.69) is 17.3 Å². The molecular formula is C20H21N3O2. The van der Waals surface area contributed by atoms with Crippen molar-refractivity contribution in [2.24, 2.45) is 34.2 Å².